The molecule has 0 aliphatic carbocycles. The van der Waals surface area contributed by atoms with Crippen LogP contribution in [0.2, 0.25) is 0 Å². The number of anilines is 1. The summed E-state index contributed by atoms with van der Waals surface area (Å²) >= 11 is 1.21. The zero-order valence-corrected chi connectivity index (χ0v) is 12.6. The van der Waals surface area contributed by atoms with Crippen molar-refractivity contribution in [2.45, 2.75) is 16.8 Å². The van der Waals surface area contributed by atoms with Gasteiger partial charge >= 0.3 is 0 Å². The summed E-state index contributed by atoms with van der Waals surface area (Å²) in [6, 6.07) is 8.53. The number of nitrogens with zero attached hydrogens (tertiary/aromatic N) is 3. The fraction of sp³-hybridized carbons (Fsp3) is 0.200. The topological polar surface area (TPSA) is 72.4 Å². The van der Waals surface area contributed by atoms with Crippen molar-refractivity contribution in [3.63, 3.8) is 0 Å². The molecule has 0 radical (unpaired) electrons. The molecule has 1 aromatic heterocycles. The molecule has 1 atom stereocenters. The summed E-state index contributed by atoms with van der Waals surface area (Å²) < 4.78 is 5.08. The molecular weight excluding hydrogens is 302 g/mol. The highest BCUT2D eigenvalue weighted by molar-refractivity contribution is 8.00. The van der Waals surface area contributed by atoms with Crippen molar-refractivity contribution in [1.29, 1.82) is 0 Å². The van der Waals surface area contributed by atoms with Crippen molar-refractivity contribution < 1.29 is 14.3 Å². The van der Waals surface area contributed by atoms with Gasteiger partial charge in [0, 0.05) is 18.8 Å². The molecule has 112 valence electrons. The molecule has 2 heterocycles. The van der Waals surface area contributed by atoms with Crippen molar-refractivity contribution in [3.8, 4) is 5.75 Å². The Balaban J connectivity index is 1.79. The molecule has 1 aromatic carbocycles. The van der Waals surface area contributed by atoms with E-state index in [4.69, 9.17) is 4.74 Å². The summed E-state index contributed by atoms with van der Waals surface area (Å²) in [5.41, 5.74) is 0.549. The van der Waals surface area contributed by atoms with E-state index in [2.05, 4.69) is 9.97 Å². The predicted molar refractivity (Wildman–Crippen MR) is 81.8 cm³/mol. The second-order valence-electron chi connectivity index (χ2n) is 4.61. The number of hydrogen-bond donors (Lipinski definition) is 0. The van der Waals surface area contributed by atoms with Crippen LogP contribution in [-0.4, -0.2) is 34.1 Å². The summed E-state index contributed by atoms with van der Waals surface area (Å²) in [6.45, 7) is 0. The lowest BCUT2D eigenvalue weighted by molar-refractivity contribution is -0.121. The average molecular weight is 315 g/mol. The molecule has 1 fully saturated rings. The highest BCUT2D eigenvalue weighted by atomic mass is 32.2. The molecule has 0 N–H and O–H groups in total. The largest absolute Gasteiger partial charge is 0.497 e. The zero-order chi connectivity index (χ0) is 15.5. The summed E-state index contributed by atoms with van der Waals surface area (Å²) in [7, 11) is 1.56. The van der Waals surface area contributed by atoms with Gasteiger partial charge in [-0.25, -0.2) is 14.9 Å². The number of rotatable bonds is 4. The van der Waals surface area contributed by atoms with Crippen LogP contribution in [0.5, 0.6) is 5.75 Å². The fourth-order valence-electron chi connectivity index (χ4n) is 2.17. The summed E-state index contributed by atoms with van der Waals surface area (Å²) in [4.78, 5) is 34.0. The van der Waals surface area contributed by atoms with Gasteiger partial charge in [-0.3, -0.25) is 9.59 Å². The maximum absolute atomic E-state index is 12.5. The first-order chi connectivity index (χ1) is 10.7. The van der Waals surface area contributed by atoms with Gasteiger partial charge in [-0.2, -0.15) is 0 Å². The van der Waals surface area contributed by atoms with Crippen molar-refractivity contribution in [2.24, 2.45) is 0 Å². The van der Waals surface area contributed by atoms with Gasteiger partial charge in [0.25, 0.3) is 0 Å². The van der Waals surface area contributed by atoms with Crippen molar-refractivity contribution in [1.82, 2.24) is 9.97 Å². The highest BCUT2D eigenvalue weighted by Gasteiger charge is 2.40. The van der Waals surface area contributed by atoms with Gasteiger partial charge in [-0.1, -0.05) is 11.8 Å². The first-order valence-electron chi connectivity index (χ1n) is 6.63. The Morgan fingerprint density at radius 3 is 2.50 bits per heavy atom. The minimum absolute atomic E-state index is 0.147. The van der Waals surface area contributed by atoms with Crippen LogP contribution in [0.3, 0.4) is 0 Å². The quantitative estimate of drug-likeness (QED) is 0.634. The van der Waals surface area contributed by atoms with Crippen LogP contribution in [0.15, 0.2) is 47.9 Å². The number of imide groups is 1. The monoisotopic (exact) mass is 315 g/mol. The Labute approximate surface area is 131 Å². The summed E-state index contributed by atoms with van der Waals surface area (Å²) in [5.74, 6) is 0.211. The second-order valence-corrected chi connectivity index (χ2v) is 5.78. The minimum atomic E-state index is -0.489. The Kier molecular flexibility index (Phi) is 4.06. The van der Waals surface area contributed by atoms with Crippen LogP contribution in [-0.2, 0) is 9.59 Å². The lowest BCUT2D eigenvalue weighted by atomic mass is 10.3. The standard InChI is InChI=1S/C15H13N3O3S/c1-21-11-5-3-10(4-6-11)18-13(19)9-12(14(18)20)22-15-16-7-2-8-17-15/h2-8,12H,9H2,1H3/t12-/m0/s1. The molecule has 0 bridgehead atoms. The van der Waals surface area contributed by atoms with Crippen molar-refractivity contribution >= 4 is 29.3 Å². The van der Waals surface area contributed by atoms with E-state index in [0.29, 0.717) is 16.6 Å². The second kappa shape index (κ2) is 6.15. The molecule has 7 heteroatoms. The van der Waals surface area contributed by atoms with Crippen LogP contribution in [0.1, 0.15) is 6.42 Å². The molecule has 1 aliphatic rings. The number of hydrogen-bond acceptors (Lipinski definition) is 6. The van der Waals surface area contributed by atoms with Crippen molar-refractivity contribution in [2.75, 3.05) is 12.0 Å². The number of aromatic nitrogens is 2. The van der Waals surface area contributed by atoms with E-state index in [-0.39, 0.29) is 18.2 Å². The van der Waals surface area contributed by atoms with Gasteiger partial charge in [0.05, 0.1) is 12.8 Å². The summed E-state index contributed by atoms with van der Waals surface area (Å²) in [5, 5.41) is 0.00207. The number of amides is 2. The highest BCUT2D eigenvalue weighted by Crippen LogP contribution is 2.32. The van der Waals surface area contributed by atoms with E-state index in [1.54, 1.807) is 49.8 Å². The van der Waals surface area contributed by atoms with E-state index < -0.39 is 5.25 Å². The normalized spacial score (nSPS) is 17.9. The first kappa shape index (κ1) is 14.5. The molecule has 6 nitrogen and oxygen atoms in total. The Hall–Kier alpha value is -2.41. The average Bonchev–Trinajstić information content (AvgIpc) is 2.82. The Bertz CT molecular complexity index is 691. The van der Waals surface area contributed by atoms with Crippen LogP contribution in [0.4, 0.5) is 5.69 Å². The van der Waals surface area contributed by atoms with E-state index in [1.807, 2.05) is 0 Å². The molecule has 2 aromatic rings. The van der Waals surface area contributed by atoms with Crippen LogP contribution >= 0.6 is 11.8 Å². The van der Waals surface area contributed by atoms with Crippen LogP contribution < -0.4 is 9.64 Å². The number of methoxy groups -OCH3 is 1. The van der Waals surface area contributed by atoms with Gasteiger partial charge in [-0.05, 0) is 30.3 Å². The lowest BCUT2D eigenvalue weighted by Gasteiger charge is -2.15. The smallest absolute Gasteiger partial charge is 0.247 e. The SMILES string of the molecule is COc1ccc(N2C(=O)C[C@H](Sc3ncccn3)C2=O)cc1. The molecule has 1 aliphatic heterocycles. The number of benzene rings is 1. The molecular formula is C15H13N3O3S. The minimum Gasteiger partial charge on any atom is -0.497 e. The van der Waals surface area contributed by atoms with Crippen LogP contribution in [0.25, 0.3) is 0 Å². The van der Waals surface area contributed by atoms with E-state index in [9.17, 15) is 9.59 Å². The molecule has 0 saturated carbocycles. The summed E-state index contributed by atoms with van der Waals surface area (Å²) in [6.07, 6.45) is 3.36. The maximum Gasteiger partial charge on any atom is 0.247 e. The van der Waals surface area contributed by atoms with Crippen LogP contribution in [0, 0.1) is 0 Å². The fourth-order valence-corrected chi connectivity index (χ4v) is 3.10. The Morgan fingerprint density at radius 2 is 1.86 bits per heavy atom. The zero-order valence-electron chi connectivity index (χ0n) is 11.8. The maximum atomic E-state index is 12.5. The van der Waals surface area contributed by atoms with E-state index >= 15 is 0 Å². The van der Waals surface area contributed by atoms with E-state index in [0.717, 1.165) is 0 Å². The third-order valence-electron chi connectivity index (χ3n) is 3.23. The molecule has 3 rings (SSSR count). The van der Waals surface area contributed by atoms with Gasteiger partial charge in [0.15, 0.2) is 5.16 Å². The van der Waals surface area contributed by atoms with Crippen molar-refractivity contribution in [3.05, 3.63) is 42.7 Å². The van der Waals surface area contributed by atoms with Gasteiger partial charge < -0.3 is 4.74 Å². The van der Waals surface area contributed by atoms with E-state index in [1.165, 1.54) is 16.7 Å². The third kappa shape index (κ3) is 2.80. The number of carbonyl (C=O) groups excluding carboxylic acids is 2. The molecule has 2 amide bonds. The third-order valence-corrected chi connectivity index (χ3v) is 4.30. The molecule has 1 saturated heterocycles. The predicted octanol–water partition coefficient (Wildman–Crippen LogP) is 1.91. The molecule has 0 unspecified atom stereocenters. The van der Waals surface area contributed by atoms with Gasteiger partial charge in [0.2, 0.25) is 11.8 Å². The molecule has 22 heavy (non-hydrogen) atoms. The number of thioether (sulfide) groups is 1. The van der Waals surface area contributed by atoms with Gasteiger partial charge in [-0.15, -0.1) is 0 Å². The van der Waals surface area contributed by atoms with Gasteiger partial charge in [0.1, 0.15) is 11.0 Å². The first-order valence-corrected chi connectivity index (χ1v) is 7.51. The Morgan fingerprint density at radius 1 is 1.18 bits per heavy atom. The lowest BCUT2D eigenvalue weighted by Crippen LogP contribution is -2.31. The number of ether oxygens (including phenoxy) is 1. The number of carbonyl (C=O) groups is 2. The molecule has 0 spiro atoms.